The normalized spacial score (nSPS) is 12.1. The van der Waals surface area contributed by atoms with Crippen molar-refractivity contribution in [3.63, 3.8) is 0 Å². The molecule has 1 unspecified atom stereocenters. The third-order valence-electron chi connectivity index (χ3n) is 3.90. The second-order valence-electron chi connectivity index (χ2n) is 5.65. The standard InChI is InChI=1S/C19H18FN3O/c1-2-15(11-13-7-9-14(20)10-8-13)22-19(24)18-12-21-16-5-3-4-6-17(16)23-18/h3-10,12,15H,2,11H2,1H3,(H,22,24). The SMILES string of the molecule is CCC(Cc1ccc(F)cc1)NC(=O)c1cnc2ccccc2n1. The minimum atomic E-state index is -0.262. The number of para-hydroxylation sites is 2. The second-order valence-corrected chi connectivity index (χ2v) is 5.65. The molecule has 1 heterocycles. The molecule has 1 amide bonds. The van der Waals surface area contributed by atoms with Crippen LogP contribution in [-0.4, -0.2) is 21.9 Å². The van der Waals surface area contributed by atoms with E-state index in [2.05, 4.69) is 15.3 Å². The van der Waals surface area contributed by atoms with E-state index in [0.717, 1.165) is 17.5 Å². The summed E-state index contributed by atoms with van der Waals surface area (Å²) in [6.45, 7) is 2.00. The van der Waals surface area contributed by atoms with Crippen LogP contribution in [-0.2, 0) is 6.42 Å². The van der Waals surface area contributed by atoms with Crippen molar-refractivity contribution in [3.8, 4) is 0 Å². The molecule has 0 radical (unpaired) electrons. The molecule has 4 nitrogen and oxygen atoms in total. The molecule has 24 heavy (non-hydrogen) atoms. The molecule has 0 saturated heterocycles. The predicted octanol–water partition coefficient (Wildman–Crippen LogP) is 3.52. The zero-order valence-corrected chi connectivity index (χ0v) is 13.4. The number of fused-ring (bicyclic) bond motifs is 1. The highest BCUT2D eigenvalue weighted by Gasteiger charge is 2.15. The molecule has 0 spiro atoms. The van der Waals surface area contributed by atoms with E-state index in [4.69, 9.17) is 0 Å². The fourth-order valence-corrected chi connectivity index (χ4v) is 2.53. The molecule has 5 heteroatoms. The summed E-state index contributed by atoms with van der Waals surface area (Å²) >= 11 is 0. The summed E-state index contributed by atoms with van der Waals surface area (Å²) in [6.07, 6.45) is 2.90. The average Bonchev–Trinajstić information content (AvgIpc) is 2.62. The summed E-state index contributed by atoms with van der Waals surface area (Å²) in [4.78, 5) is 21.0. The Morgan fingerprint density at radius 2 is 1.83 bits per heavy atom. The highest BCUT2D eigenvalue weighted by molar-refractivity contribution is 5.93. The molecule has 0 aliphatic carbocycles. The Kier molecular flexibility index (Phi) is 4.79. The topological polar surface area (TPSA) is 54.9 Å². The Hall–Kier alpha value is -2.82. The summed E-state index contributed by atoms with van der Waals surface area (Å²) in [5.41, 5.74) is 2.73. The van der Waals surface area contributed by atoms with Crippen LogP contribution in [0.1, 0.15) is 29.4 Å². The van der Waals surface area contributed by atoms with Crippen molar-refractivity contribution in [3.05, 3.63) is 71.8 Å². The molecule has 1 N–H and O–H groups in total. The van der Waals surface area contributed by atoms with Crippen LogP contribution in [0.15, 0.2) is 54.7 Å². The lowest BCUT2D eigenvalue weighted by Crippen LogP contribution is -2.36. The fourth-order valence-electron chi connectivity index (χ4n) is 2.53. The van der Waals surface area contributed by atoms with Crippen LogP contribution in [0.25, 0.3) is 11.0 Å². The Bertz CT molecular complexity index is 849. The Morgan fingerprint density at radius 3 is 2.54 bits per heavy atom. The van der Waals surface area contributed by atoms with E-state index in [1.165, 1.54) is 18.3 Å². The van der Waals surface area contributed by atoms with Crippen molar-refractivity contribution in [2.24, 2.45) is 0 Å². The van der Waals surface area contributed by atoms with E-state index < -0.39 is 0 Å². The van der Waals surface area contributed by atoms with E-state index >= 15 is 0 Å². The molecular weight excluding hydrogens is 305 g/mol. The molecule has 0 aliphatic rings. The third-order valence-corrected chi connectivity index (χ3v) is 3.90. The molecule has 0 saturated carbocycles. The Labute approximate surface area is 139 Å². The fraction of sp³-hybridized carbons (Fsp3) is 0.211. The van der Waals surface area contributed by atoms with Crippen molar-refractivity contribution in [1.82, 2.24) is 15.3 Å². The average molecular weight is 323 g/mol. The maximum atomic E-state index is 13.0. The van der Waals surface area contributed by atoms with Gasteiger partial charge in [-0.05, 0) is 42.7 Å². The molecule has 0 bridgehead atoms. The van der Waals surface area contributed by atoms with Crippen LogP contribution >= 0.6 is 0 Å². The molecule has 3 aromatic rings. The van der Waals surface area contributed by atoms with Crippen molar-refractivity contribution in [2.75, 3.05) is 0 Å². The number of halogens is 1. The van der Waals surface area contributed by atoms with E-state index in [0.29, 0.717) is 17.6 Å². The molecule has 1 aromatic heterocycles. The summed E-state index contributed by atoms with van der Waals surface area (Å²) in [5.74, 6) is -0.510. The molecule has 1 atom stereocenters. The maximum Gasteiger partial charge on any atom is 0.271 e. The van der Waals surface area contributed by atoms with Crippen LogP contribution in [0.5, 0.6) is 0 Å². The summed E-state index contributed by atoms with van der Waals surface area (Å²) in [6, 6.07) is 13.7. The lowest BCUT2D eigenvalue weighted by molar-refractivity contribution is 0.0930. The predicted molar refractivity (Wildman–Crippen MR) is 91.2 cm³/mol. The second kappa shape index (κ2) is 7.17. The summed E-state index contributed by atoms with van der Waals surface area (Å²) in [7, 11) is 0. The number of hydrogen-bond donors (Lipinski definition) is 1. The van der Waals surface area contributed by atoms with Gasteiger partial charge in [0.25, 0.3) is 5.91 Å². The van der Waals surface area contributed by atoms with Gasteiger partial charge in [-0.25, -0.2) is 9.37 Å². The largest absolute Gasteiger partial charge is 0.348 e. The molecule has 122 valence electrons. The van der Waals surface area contributed by atoms with Crippen molar-refractivity contribution < 1.29 is 9.18 Å². The van der Waals surface area contributed by atoms with Gasteiger partial charge in [-0.2, -0.15) is 0 Å². The number of nitrogens with one attached hydrogen (secondary N) is 1. The number of benzene rings is 2. The van der Waals surface area contributed by atoms with Gasteiger partial charge < -0.3 is 5.32 Å². The van der Waals surface area contributed by atoms with Crippen molar-refractivity contribution in [2.45, 2.75) is 25.8 Å². The molecule has 3 rings (SSSR count). The Morgan fingerprint density at radius 1 is 1.12 bits per heavy atom. The molecule has 2 aromatic carbocycles. The highest BCUT2D eigenvalue weighted by atomic mass is 19.1. The van der Waals surface area contributed by atoms with Crippen LogP contribution < -0.4 is 5.32 Å². The van der Waals surface area contributed by atoms with Gasteiger partial charge in [-0.3, -0.25) is 9.78 Å². The number of nitrogens with zero attached hydrogens (tertiary/aromatic N) is 2. The van der Waals surface area contributed by atoms with Gasteiger partial charge in [0.15, 0.2) is 0 Å². The first kappa shape index (κ1) is 16.1. The van der Waals surface area contributed by atoms with Gasteiger partial charge in [0.2, 0.25) is 0 Å². The number of carbonyl (C=O) groups excluding carboxylic acids is 1. The third kappa shape index (κ3) is 3.74. The quantitative estimate of drug-likeness (QED) is 0.781. The summed E-state index contributed by atoms with van der Waals surface area (Å²) in [5, 5.41) is 2.98. The molecule has 0 fully saturated rings. The Balaban J connectivity index is 1.72. The van der Waals surface area contributed by atoms with E-state index in [9.17, 15) is 9.18 Å². The van der Waals surface area contributed by atoms with E-state index in [-0.39, 0.29) is 17.8 Å². The zero-order valence-electron chi connectivity index (χ0n) is 13.4. The van der Waals surface area contributed by atoms with Gasteiger partial charge in [0.05, 0.1) is 17.2 Å². The molecule has 0 aliphatic heterocycles. The first-order valence-corrected chi connectivity index (χ1v) is 7.93. The van der Waals surface area contributed by atoms with Crippen LogP contribution in [0.2, 0.25) is 0 Å². The number of carbonyl (C=O) groups is 1. The van der Waals surface area contributed by atoms with Crippen LogP contribution in [0.4, 0.5) is 4.39 Å². The summed E-state index contributed by atoms with van der Waals surface area (Å²) < 4.78 is 13.0. The minimum absolute atomic E-state index is 0.0452. The van der Waals surface area contributed by atoms with Gasteiger partial charge in [0.1, 0.15) is 11.5 Å². The van der Waals surface area contributed by atoms with Gasteiger partial charge in [-0.1, -0.05) is 31.2 Å². The minimum Gasteiger partial charge on any atom is -0.348 e. The highest BCUT2D eigenvalue weighted by Crippen LogP contribution is 2.11. The first-order valence-electron chi connectivity index (χ1n) is 7.93. The number of hydrogen-bond acceptors (Lipinski definition) is 3. The van der Waals surface area contributed by atoms with Gasteiger partial charge in [-0.15, -0.1) is 0 Å². The van der Waals surface area contributed by atoms with Crippen molar-refractivity contribution in [1.29, 1.82) is 0 Å². The van der Waals surface area contributed by atoms with E-state index in [1.807, 2.05) is 31.2 Å². The maximum absolute atomic E-state index is 13.0. The molecular formula is C19H18FN3O. The monoisotopic (exact) mass is 323 g/mol. The first-order chi connectivity index (χ1) is 11.7. The van der Waals surface area contributed by atoms with Crippen LogP contribution in [0, 0.1) is 5.82 Å². The lowest BCUT2D eigenvalue weighted by Gasteiger charge is -2.17. The van der Waals surface area contributed by atoms with Gasteiger partial charge >= 0.3 is 0 Å². The number of aromatic nitrogens is 2. The van der Waals surface area contributed by atoms with Crippen LogP contribution in [0.3, 0.4) is 0 Å². The number of rotatable bonds is 5. The van der Waals surface area contributed by atoms with Gasteiger partial charge in [0, 0.05) is 6.04 Å². The zero-order chi connectivity index (χ0) is 16.9. The van der Waals surface area contributed by atoms with E-state index in [1.54, 1.807) is 12.1 Å². The lowest BCUT2D eigenvalue weighted by atomic mass is 10.0. The number of amides is 1. The van der Waals surface area contributed by atoms with Crippen molar-refractivity contribution >= 4 is 16.9 Å². The smallest absolute Gasteiger partial charge is 0.271 e.